The molecule has 0 N–H and O–H groups in total. The van der Waals surface area contributed by atoms with Gasteiger partial charge in [-0.15, -0.1) is 11.8 Å². The van der Waals surface area contributed by atoms with Crippen LogP contribution < -0.4 is 4.74 Å². The summed E-state index contributed by atoms with van der Waals surface area (Å²) < 4.78 is 56.3. The smallest absolute Gasteiger partial charge is 0.416 e. The first-order valence-electron chi connectivity index (χ1n) is 8.20. The number of hydrogen-bond donors (Lipinski definition) is 0. The van der Waals surface area contributed by atoms with E-state index >= 15 is 0 Å². The van der Waals surface area contributed by atoms with Crippen LogP contribution >= 0.6 is 11.8 Å². The second-order valence-electron chi connectivity index (χ2n) is 6.05. The molecule has 0 spiro atoms. The van der Waals surface area contributed by atoms with Crippen LogP contribution in [0.25, 0.3) is 0 Å². The molecule has 140 valence electrons. The van der Waals surface area contributed by atoms with E-state index in [2.05, 4.69) is 0 Å². The number of ether oxygens (including phenoxy) is 1. The minimum absolute atomic E-state index is 0.172. The van der Waals surface area contributed by atoms with Crippen LogP contribution in [0, 0.1) is 0 Å². The number of methoxy groups -OCH3 is 1. The summed E-state index contributed by atoms with van der Waals surface area (Å²) in [6.45, 7) is 0. The molecule has 3 rings (SSSR count). The molecule has 26 heavy (non-hydrogen) atoms. The molecule has 1 aliphatic heterocycles. The van der Waals surface area contributed by atoms with E-state index in [0.29, 0.717) is 11.5 Å². The maximum Gasteiger partial charge on any atom is 0.416 e. The summed E-state index contributed by atoms with van der Waals surface area (Å²) in [6.07, 6.45) is -3.47. The number of alkyl halides is 3. The quantitative estimate of drug-likeness (QED) is 0.718. The van der Waals surface area contributed by atoms with Crippen molar-refractivity contribution in [3.05, 3.63) is 65.2 Å². The van der Waals surface area contributed by atoms with E-state index in [1.54, 1.807) is 18.9 Å². The molecule has 7 heteroatoms. The lowest BCUT2D eigenvalue weighted by Crippen LogP contribution is -2.28. The first-order chi connectivity index (χ1) is 12.4. The Morgan fingerprint density at radius 2 is 1.65 bits per heavy atom. The Morgan fingerprint density at radius 1 is 1.08 bits per heavy atom. The van der Waals surface area contributed by atoms with E-state index in [1.165, 1.54) is 12.1 Å². The molecule has 0 amide bonds. The average molecular weight is 400 g/mol. The van der Waals surface area contributed by atoms with Gasteiger partial charge in [-0.25, -0.2) is 0 Å². The molecule has 1 heterocycles. The molecule has 0 bridgehead atoms. The van der Waals surface area contributed by atoms with Gasteiger partial charge in [0.05, 0.1) is 17.3 Å². The molecule has 1 aliphatic rings. The van der Waals surface area contributed by atoms with Crippen LogP contribution in [0.5, 0.6) is 5.75 Å². The van der Waals surface area contributed by atoms with Crippen LogP contribution in [-0.4, -0.2) is 27.4 Å². The van der Waals surface area contributed by atoms with Crippen LogP contribution in [-0.2, 0) is 17.0 Å². The Labute approximate surface area is 157 Å². The summed E-state index contributed by atoms with van der Waals surface area (Å²) in [5, 5.41) is 0. The van der Waals surface area contributed by atoms with Crippen molar-refractivity contribution >= 4 is 22.6 Å². The van der Waals surface area contributed by atoms with Gasteiger partial charge in [-0.2, -0.15) is 13.2 Å². The summed E-state index contributed by atoms with van der Waals surface area (Å²) in [5.41, 5.74) is 1.00. The zero-order valence-electron chi connectivity index (χ0n) is 14.2. The fraction of sp³-hybridized carbons (Fsp3) is 0.368. The lowest BCUT2D eigenvalue weighted by atomic mass is 9.92. The predicted octanol–water partition coefficient (Wildman–Crippen LogP) is 5.06. The fourth-order valence-corrected chi connectivity index (χ4v) is 6.73. The topological polar surface area (TPSA) is 26.3 Å². The zero-order chi connectivity index (χ0) is 18.7. The molecular weight excluding hydrogens is 381 g/mol. The van der Waals surface area contributed by atoms with Gasteiger partial charge in [0.15, 0.2) is 0 Å². The summed E-state index contributed by atoms with van der Waals surface area (Å²) in [4.78, 5) is 0. The molecule has 2 nitrogen and oxygen atoms in total. The van der Waals surface area contributed by atoms with E-state index < -0.39 is 22.5 Å². The third-order valence-corrected chi connectivity index (χ3v) is 8.03. The number of benzene rings is 2. The first kappa shape index (κ1) is 19.3. The van der Waals surface area contributed by atoms with Gasteiger partial charge in [0.2, 0.25) is 0 Å². The van der Waals surface area contributed by atoms with Gasteiger partial charge in [0.1, 0.15) is 5.75 Å². The van der Waals surface area contributed by atoms with Crippen LogP contribution in [0.2, 0.25) is 0 Å². The Kier molecular flexibility index (Phi) is 5.97. The molecule has 0 aliphatic carbocycles. The molecule has 3 atom stereocenters. The molecule has 1 saturated heterocycles. The normalized spacial score (nSPS) is 22.0. The van der Waals surface area contributed by atoms with Gasteiger partial charge in [-0.1, -0.05) is 24.3 Å². The summed E-state index contributed by atoms with van der Waals surface area (Å²) in [5.74, 6) is 2.01. The van der Waals surface area contributed by atoms with Crippen molar-refractivity contribution in [3.8, 4) is 5.75 Å². The Morgan fingerprint density at radius 3 is 2.15 bits per heavy atom. The zero-order valence-corrected chi connectivity index (χ0v) is 15.8. The molecule has 0 aromatic heterocycles. The van der Waals surface area contributed by atoms with E-state index in [0.717, 1.165) is 35.4 Å². The Bertz CT molecular complexity index is 758. The highest BCUT2D eigenvalue weighted by atomic mass is 32.2. The van der Waals surface area contributed by atoms with Crippen molar-refractivity contribution in [3.63, 3.8) is 0 Å². The molecule has 3 unspecified atom stereocenters. The molecule has 2 aromatic rings. The third-order valence-electron chi connectivity index (χ3n) is 4.38. The molecule has 0 radical (unpaired) electrons. The van der Waals surface area contributed by atoms with E-state index in [1.807, 2.05) is 24.3 Å². The maximum absolute atomic E-state index is 12.9. The summed E-state index contributed by atoms with van der Waals surface area (Å²) in [6, 6.07) is 12.6. The van der Waals surface area contributed by atoms with Gasteiger partial charge >= 0.3 is 6.18 Å². The minimum atomic E-state index is -4.36. The van der Waals surface area contributed by atoms with Gasteiger partial charge in [-0.3, -0.25) is 4.21 Å². The average Bonchev–Trinajstić information content (AvgIpc) is 2.64. The van der Waals surface area contributed by atoms with Crippen LogP contribution in [0.3, 0.4) is 0 Å². The molecule has 0 saturated carbocycles. The summed E-state index contributed by atoms with van der Waals surface area (Å²) >= 11 is 1.64. The molecular formula is C19H19F3O2S2. The van der Waals surface area contributed by atoms with Crippen molar-refractivity contribution in [2.45, 2.75) is 23.1 Å². The van der Waals surface area contributed by atoms with E-state index in [-0.39, 0.29) is 10.5 Å². The van der Waals surface area contributed by atoms with Gasteiger partial charge in [-0.05, 0) is 47.6 Å². The number of thioether (sulfide) groups is 1. The maximum atomic E-state index is 12.9. The highest BCUT2D eigenvalue weighted by Crippen LogP contribution is 2.40. The lowest BCUT2D eigenvalue weighted by Gasteiger charge is -2.30. The minimum Gasteiger partial charge on any atom is -0.497 e. The van der Waals surface area contributed by atoms with Crippen molar-refractivity contribution in [1.82, 2.24) is 0 Å². The number of hydrogen-bond acceptors (Lipinski definition) is 3. The SMILES string of the molecule is COc1ccc(C(c2ccc(C(F)(F)F)cc2)C2SCCCS2=O)cc1. The Balaban J connectivity index is 2.00. The van der Waals surface area contributed by atoms with Gasteiger partial charge in [0, 0.05) is 22.5 Å². The standard InChI is InChI=1S/C19H19F3O2S2/c1-24-16-9-5-14(6-10-16)17(18-25-11-2-12-26(18)23)13-3-7-15(8-4-13)19(20,21)22/h3-10,17-18H,2,11-12H2,1H3. The van der Waals surface area contributed by atoms with Crippen molar-refractivity contribution in [2.75, 3.05) is 18.6 Å². The van der Waals surface area contributed by atoms with Gasteiger partial charge in [0.25, 0.3) is 0 Å². The van der Waals surface area contributed by atoms with Crippen molar-refractivity contribution in [1.29, 1.82) is 0 Å². The third kappa shape index (κ3) is 4.26. The highest BCUT2D eigenvalue weighted by molar-refractivity contribution is 8.11. The monoisotopic (exact) mass is 400 g/mol. The number of rotatable bonds is 4. The number of halogens is 3. The second-order valence-corrected chi connectivity index (χ2v) is 9.27. The van der Waals surface area contributed by atoms with Crippen molar-refractivity contribution in [2.24, 2.45) is 0 Å². The Hall–Kier alpha value is -1.47. The predicted molar refractivity (Wildman–Crippen MR) is 100 cm³/mol. The molecule has 1 fully saturated rings. The van der Waals surface area contributed by atoms with E-state index in [9.17, 15) is 17.4 Å². The van der Waals surface area contributed by atoms with Crippen LogP contribution in [0.15, 0.2) is 48.5 Å². The second kappa shape index (κ2) is 8.05. The lowest BCUT2D eigenvalue weighted by molar-refractivity contribution is -0.137. The van der Waals surface area contributed by atoms with Crippen LogP contribution in [0.4, 0.5) is 13.2 Å². The largest absolute Gasteiger partial charge is 0.497 e. The fourth-order valence-electron chi connectivity index (χ4n) is 3.04. The first-order valence-corrected chi connectivity index (χ1v) is 10.6. The molecule has 2 aromatic carbocycles. The van der Waals surface area contributed by atoms with E-state index in [4.69, 9.17) is 4.74 Å². The van der Waals surface area contributed by atoms with Crippen molar-refractivity contribution < 1.29 is 22.1 Å². The van der Waals surface area contributed by atoms with Gasteiger partial charge < -0.3 is 4.74 Å². The highest BCUT2D eigenvalue weighted by Gasteiger charge is 2.34. The van der Waals surface area contributed by atoms with Crippen LogP contribution in [0.1, 0.15) is 29.0 Å². The summed E-state index contributed by atoms with van der Waals surface area (Å²) in [7, 11) is 0.549.